The standard InChI is InChI=1S/C7H12NS2/c1-6(9-4)10-7(2,3)5-8/h1-4H3. The number of hydrogen-bond donors (Lipinski definition) is 0. The van der Waals surface area contributed by atoms with Crippen LogP contribution in [0.5, 0.6) is 0 Å². The second-order valence-electron chi connectivity index (χ2n) is 2.42. The van der Waals surface area contributed by atoms with Crippen LogP contribution in [0.15, 0.2) is 0 Å². The zero-order valence-corrected chi connectivity index (χ0v) is 8.40. The van der Waals surface area contributed by atoms with Gasteiger partial charge in [-0.1, -0.05) is 0 Å². The lowest BCUT2D eigenvalue weighted by Crippen LogP contribution is -2.11. The summed E-state index contributed by atoms with van der Waals surface area (Å²) in [4.78, 5) is 0. The molecule has 1 radical (unpaired) electrons. The summed E-state index contributed by atoms with van der Waals surface area (Å²) in [6.07, 6.45) is 2.02. The minimum absolute atomic E-state index is 0.271. The molecule has 3 heteroatoms. The van der Waals surface area contributed by atoms with E-state index in [1.54, 1.807) is 23.5 Å². The highest BCUT2D eigenvalue weighted by Crippen LogP contribution is 2.38. The van der Waals surface area contributed by atoms with Crippen LogP contribution in [0.2, 0.25) is 0 Å². The molecular weight excluding hydrogens is 162 g/mol. The van der Waals surface area contributed by atoms with Crippen molar-refractivity contribution < 1.29 is 0 Å². The SMILES string of the molecule is CS[C](C)SC(C)(C)C#N. The lowest BCUT2D eigenvalue weighted by molar-refractivity contribution is 0.916. The molecule has 0 saturated heterocycles. The third-order valence-electron chi connectivity index (χ3n) is 0.956. The Morgan fingerprint density at radius 3 is 2.30 bits per heavy atom. The van der Waals surface area contributed by atoms with Crippen molar-refractivity contribution in [3.63, 3.8) is 0 Å². The first kappa shape index (κ1) is 10.2. The fourth-order valence-corrected chi connectivity index (χ4v) is 2.15. The van der Waals surface area contributed by atoms with Crippen LogP contribution in [0.4, 0.5) is 0 Å². The Kier molecular flexibility index (Phi) is 4.23. The van der Waals surface area contributed by atoms with Crippen molar-refractivity contribution in [1.29, 1.82) is 5.26 Å². The molecule has 0 aliphatic carbocycles. The van der Waals surface area contributed by atoms with Gasteiger partial charge in [-0.25, -0.2) is 0 Å². The molecule has 0 saturated carbocycles. The van der Waals surface area contributed by atoms with Crippen molar-refractivity contribution in [2.24, 2.45) is 0 Å². The summed E-state index contributed by atoms with van der Waals surface area (Å²) >= 11 is 3.32. The maximum absolute atomic E-state index is 8.65. The molecule has 0 aromatic heterocycles. The molecule has 0 atom stereocenters. The monoisotopic (exact) mass is 174 g/mol. The Bertz CT molecular complexity index is 137. The van der Waals surface area contributed by atoms with E-state index in [0.29, 0.717) is 0 Å². The summed E-state index contributed by atoms with van der Waals surface area (Å²) in [5.41, 5.74) is 0. The molecule has 0 bridgehead atoms. The smallest absolute Gasteiger partial charge is 0.0982 e. The quantitative estimate of drug-likeness (QED) is 0.657. The molecule has 0 unspecified atom stereocenters. The first-order valence-corrected chi connectivity index (χ1v) is 5.04. The van der Waals surface area contributed by atoms with Gasteiger partial charge in [0, 0.05) is 0 Å². The van der Waals surface area contributed by atoms with Gasteiger partial charge in [0.25, 0.3) is 0 Å². The molecule has 10 heavy (non-hydrogen) atoms. The van der Waals surface area contributed by atoms with E-state index in [9.17, 15) is 0 Å². The minimum Gasteiger partial charge on any atom is -0.197 e. The van der Waals surface area contributed by atoms with Gasteiger partial charge in [-0.05, 0) is 27.0 Å². The molecule has 0 aliphatic rings. The van der Waals surface area contributed by atoms with Gasteiger partial charge in [-0.2, -0.15) is 5.26 Å². The van der Waals surface area contributed by atoms with E-state index in [-0.39, 0.29) is 4.75 Å². The van der Waals surface area contributed by atoms with Crippen LogP contribution >= 0.6 is 23.5 Å². The highest BCUT2D eigenvalue weighted by molar-refractivity contribution is 8.21. The van der Waals surface area contributed by atoms with Crippen molar-refractivity contribution >= 4 is 23.5 Å². The highest BCUT2D eigenvalue weighted by atomic mass is 32.2. The summed E-state index contributed by atoms with van der Waals surface area (Å²) in [7, 11) is 0. The number of nitriles is 1. The molecule has 0 amide bonds. The maximum Gasteiger partial charge on any atom is 0.0982 e. The molecule has 0 heterocycles. The Morgan fingerprint density at radius 1 is 1.50 bits per heavy atom. The van der Waals surface area contributed by atoms with Crippen molar-refractivity contribution in [2.45, 2.75) is 25.5 Å². The first-order chi connectivity index (χ1) is 4.52. The predicted octanol–water partition coefficient (Wildman–Crippen LogP) is 2.89. The summed E-state index contributed by atoms with van der Waals surface area (Å²) < 4.78 is 0.971. The van der Waals surface area contributed by atoms with Crippen LogP contribution in [-0.4, -0.2) is 11.0 Å². The van der Waals surface area contributed by atoms with Gasteiger partial charge in [0.15, 0.2) is 0 Å². The topological polar surface area (TPSA) is 23.8 Å². The molecule has 0 rings (SSSR count). The van der Waals surface area contributed by atoms with E-state index in [4.69, 9.17) is 5.26 Å². The Labute approximate surface area is 71.6 Å². The lowest BCUT2D eigenvalue weighted by Gasteiger charge is -2.17. The van der Waals surface area contributed by atoms with E-state index in [2.05, 4.69) is 6.07 Å². The van der Waals surface area contributed by atoms with Gasteiger partial charge in [-0.3, -0.25) is 0 Å². The highest BCUT2D eigenvalue weighted by Gasteiger charge is 2.20. The van der Waals surface area contributed by atoms with E-state index in [1.807, 2.05) is 27.0 Å². The predicted molar refractivity (Wildman–Crippen MR) is 49.7 cm³/mol. The number of nitrogens with zero attached hydrogens (tertiary/aromatic N) is 1. The molecule has 57 valence electrons. The molecule has 0 fully saturated rings. The Balaban J connectivity index is 3.79. The lowest BCUT2D eigenvalue weighted by atomic mass is 10.2. The average molecular weight is 174 g/mol. The van der Waals surface area contributed by atoms with E-state index < -0.39 is 0 Å². The molecule has 0 aromatic carbocycles. The maximum atomic E-state index is 8.65. The molecule has 1 nitrogen and oxygen atoms in total. The van der Waals surface area contributed by atoms with E-state index in [1.165, 1.54) is 4.58 Å². The fourth-order valence-electron chi connectivity index (χ4n) is 0.424. The van der Waals surface area contributed by atoms with E-state index in [0.717, 1.165) is 0 Å². The van der Waals surface area contributed by atoms with Gasteiger partial charge in [0.05, 0.1) is 15.4 Å². The van der Waals surface area contributed by atoms with Crippen molar-refractivity contribution in [2.75, 3.05) is 6.26 Å². The summed E-state index contributed by atoms with van der Waals surface area (Å²) in [6, 6.07) is 2.24. The van der Waals surface area contributed by atoms with Gasteiger partial charge < -0.3 is 0 Å². The summed E-state index contributed by atoms with van der Waals surface area (Å²) in [5, 5.41) is 8.65. The van der Waals surface area contributed by atoms with E-state index >= 15 is 0 Å². The average Bonchev–Trinajstić information content (AvgIpc) is 1.87. The van der Waals surface area contributed by atoms with Crippen LogP contribution < -0.4 is 0 Å². The van der Waals surface area contributed by atoms with Gasteiger partial charge in [0.1, 0.15) is 0 Å². The summed E-state index contributed by atoms with van der Waals surface area (Å²) in [5.74, 6) is 0. The zero-order valence-electron chi connectivity index (χ0n) is 6.76. The van der Waals surface area contributed by atoms with Gasteiger partial charge in [-0.15, -0.1) is 23.5 Å². The molecule has 0 aliphatic heterocycles. The second-order valence-corrected chi connectivity index (χ2v) is 5.54. The van der Waals surface area contributed by atoms with Crippen LogP contribution in [0.25, 0.3) is 0 Å². The normalized spacial score (nSPS) is 11.6. The third-order valence-corrected chi connectivity index (χ3v) is 3.17. The minimum atomic E-state index is -0.271. The first-order valence-electron chi connectivity index (χ1n) is 2.99. The molecule has 0 N–H and O–H groups in total. The Morgan fingerprint density at radius 2 is 2.00 bits per heavy atom. The molecule has 0 spiro atoms. The second kappa shape index (κ2) is 4.15. The van der Waals surface area contributed by atoms with Crippen molar-refractivity contribution in [3.8, 4) is 6.07 Å². The zero-order chi connectivity index (χ0) is 8.20. The fraction of sp³-hybridized carbons (Fsp3) is 0.714. The number of thioether (sulfide) groups is 2. The van der Waals surface area contributed by atoms with Crippen molar-refractivity contribution in [3.05, 3.63) is 4.58 Å². The van der Waals surface area contributed by atoms with Gasteiger partial charge >= 0.3 is 0 Å². The van der Waals surface area contributed by atoms with Crippen LogP contribution in [0, 0.1) is 15.9 Å². The molecule has 0 aromatic rings. The third kappa shape index (κ3) is 4.08. The van der Waals surface area contributed by atoms with Crippen LogP contribution in [0.1, 0.15) is 20.8 Å². The van der Waals surface area contributed by atoms with Crippen LogP contribution in [0.3, 0.4) is 0 Å². The molecular formula is C7H12NS2. The largest absolute Gasteiger partial charge is 0.197 e. The van der Waals surface area contributed by atoms with Crippen molar-refractivity contribution in [1.82, 2.24) is 0 Å². The Hall–Kier alpha value is 0.190. The van der Waals surface area contributed by atoms with Gasteiger partial charge in [0.2, 0.25) is 0 Å². The number of hydrogen-bond acceptors (Lipinski definition) is 3. The van der Waals surface area contributed by atoms with Crippen LogP contribution in [-0.2, 0) is 0 Å². The number of rotatable bonds is 3. The summed E-state index contributed by atoms with van der Waals surface area (Å²) in [6.45, 7) is 5.89.